The summed E-state index contributed by atoms with van der Waals surface area (Å²) in [7, 11) is 0. The van der Waals surface area contributed by atoms with E-state index in [1.54, 1.807) is 13.0 Å². The third-order valence-electron chi connectivity index (χ3n) is 3.54. The molecule has 6 heteroatoms. The van der Waals surface area contributed by atoms with Gasteiger partial charge >= 0.3 is 0 Å². The average Bonchev–Trinajstić information content (AvgIpc) is 2.39. The number of ether oxygens (including phenoxy) is 2. The lowest BCUT2D eigenvalue weighted by Gasteiger charge is -2.36. The number of carbonyl (C=O) groups excluding carboxylic acids is 1. The molecule has 0 unspecified atom stereocenters. The Hall–Kier alpha value is -0.950. The normalized spacial score (nSPS) is 31.4. The molecule has 5 atom stereocenters. The van der Waals surface area contributed by atoms with Crippen LogP contribution in [0.2, 0.25) is 0 Å². The molecule has 0 aromatic carbocycles. The minimum Gasteiger partial charge on any atom is -0.545 e. The van der Waals surface area contributed by atoms with E-state index in [4.69, 9.17) is 9.47 Å². The number of allylic oxidation sites excluding steroid dienone is 1. The first-order valence-corrected chi connectivity index (χ1v) is 7.44. The second-order valence-corrected chi connectivity index (χ2v) is 5.53. The van der Waals surface area contributed by atoms with Crippen molar-refractivity contribution in [1.82, 2.24) is 0 Å². The molecule has 0 amide bonds. The van der Waals surface area contributed by atoms with Crippen molar-refractivity contribution < 1.29 is 29.6 Å². The van der Waals surface area contributed by atoms with Gasteiger partial charge in [0.25, 0.3) is 0 Å². The molecule has 122 valence electrons. The van der Waals surface area contributed by atoms with Crippen molar-refractivity contribution in [2.45, 2.75) is 76.7 Å². The first-order chi connectivity index (χ1) is 9.90. The zero-order valence-corrected chi connectivity index (χ0v) is 12.6. The summed E-state index contributed by atoms with van der Waals surface area (Å²) in [5.41, 5.74) is 0. The lowest BCUT2D eigenvalue weighted by molar-refractivity contribution is -0.297. The van der Waals surface area contributed by atoms with Crippen molar-refractivity contribution in [3.8, 4) is 0 Å². The lowest BCUT2D eigenvalue weighted by atomic mass is 10.0. The molecule has 1 aliphatic rings. The van der Waals surface area contributed by atoms with Gasteiger partial charge in [0.05, 0.1) is 24.3 Å². The summed E-state index contributed by atoms with van der Waals surface area (Å²) in [5.74, 6) is -1.17. The van der Waals surface area contributed by atoms with Crippen molar-refractivity contribution in [2.75, 3.05) is 0 Å². The summed E-state index contributed by atoms with van der Waals surface area (Å²) in [6, 6.07) is 0. The molecule has 0 aliphatic carbocycles. The maximum atomic E-state index is 10.2. The highest BCUT2D eigenvalue weighted by atomic mass is 16.7. The molecule has 1 heterocycles. The van der Waals surface area contributed by atoms with E-state index in [0.29, 0.717) is 6.42 Å². The standard InChI is InChI=1S/C15H26O6/c1-10(7-5-3-4-6-8-14(18)19)20-15-13(17)9-12(16)11(2)21-15/h6,8,10-13,15-17H,3-5,7,9H2,1-2H3,(H,18,19)/p-1/b8-6+/t10-,11+,12-,13-,15-/m1/s1. The molecule has 0 spiro atoms. The van der Waals surface area contributed by atoms with Crippen molar-refractivity contribution in [3.05, 3.63) is 12.2 Å². The number of aliphatic carboxylic acids is 1. The van der Waals surface area contributed by atoms with Crippen molar-refractivity contribution in [1.29, 1.82) is 0 Å². The SMILES string of the molecule is C[C@H](CCCC/C=C/C(=O)[O-])O[C@@H]1O[C@@H](C)[C@H](O)C[C@H]1O. The number of rotatable bonds is 8. The van der Waals surface area contributed by atoms with E-state index >= 15 is 0 Å². The number of carboxylic acid groups (broad SMARTS) is 1. The molecule has 6 nitrogen and oxygen atoms in total. The fourth-order valence-corrected chi connectivity index (χ4v) is 2.24. The highest BCUT2D eigenvalue weighted by Gasteiger charge is 2.35. The zero-order valence-electron chi connectivity index (χ0n) is 12.6. The van der Waals surface area contributed by atoms with Crippen LogP contribution in [0.5, 0.6) is 0 Å². The van der Waals surface area contributed by atoms with Crippen LogP contribution in [0.3, 0.4) is 0 Å². The summed E-state index contributed by atoms with van der Waals surface area (Å²) in [6.45, 7) is 3.66. The number of carbonyl (C=O) groups is 1. The van der Waals surface area contributed by atoms with Crippen molar-refractivity contribution in [3.63, 3.8) is 0 Å². The molecule has 0 bridgehead atoms. The van der Waals surface area contributed by atoms with Crippen LogP contribution in [0.1, 0.15) is 46.0 Å². The van der Waals surface area contributed by atoms with E-state index in [2.05, 4.69) is 0 Å². The van der Waals surface area contributed by atoms with E-state index in [9.17, 15) is 20.1 Å². The lowest BCUT2D eigenvalue weighted by Crippen LogP contribution is -2.48. The van der Waals surface area contributed by atoms with E-state index in [0.717, 1.165) is 25.3 Å². The van der Waals surface area contributed by atoms with Gasteiger partial charge in [-0.05, 0) is 39.2 Å². The van der Waals surface area contributed by atoms with Gasteiger partial charge in [0.1, 0.15) is 6.10 Å². The summed E-state index contributed by atoms with van der Waals surface area (Å²) in [6.07, 6.45) is 3.52. The summed E-state index contributed by atoms with van der Waals surface area (Å²) >= 11 is 0. The number of hydrogen-bond donors (Lipinski definition) is 2. The molecule has 21 heavy (non-hydrogen) atoms. The van der Waals surface area contributed by atoms with E-state index in [-0.39, 0.29) is 18.6 Å². The van der Waals surface area contributed by atoms with Crippen LogP contribution < -0.4 is 5.11 Å². The topological polar surface area (TPSA) is 99.1 Å². The Kier molecular flexibility index (Phi) is 7.88. The second kappa shape index (κ2) is 9.15. The van der Waals surface area contributed by atoms with Gasteiger partial charge in [0.2, 0.25) is 0 Å². The maximum absolute atomic E-state index is 10.2. The van der Waals surface area contributed by atoms with E-state index in [1.807, 2.05) is 6.92 Å². The van der Waals surface area contributed by atoms with Gasteiger partial charge in [0.15, 0.2) is 6.29 Å². The fourth-order valence-electron chi connectivity index (χ4n) is 2.24. The molecular formula is C15H25O6-. The monoisotopic (exact) mass is 301 g/mol. The third-order valence-corrected chi connectivity index (χ3v) is 3.54. The molecule has 1 rings (SSSR count). The van der Waals surface area contributed by atoms with Crippen LogP contribution in [0.4, 0.5) is 0 Å². The molecule has 1 fully saturated rings. The molecule has 1 saturated heterocycles. The van der Waals surface area contributed by atoms with E-state index < -0.39 is 24.5 Å². The van der Waals surface area contributed by atoms with Crippen molar-refractivity contribution >= 4 is 5.97 Å². The second-order valence-electron chi connectivity index (χ2n) is 5.53. The fraction of sp³-hybridized carbons (Fsp3) is 0.800. The first kappa shape index (κ1) is 18.1. The minimum atomic E-state index is -1.17. The first-order valence-electron chi connectivity index (χ1n) is 7.44. The van der Waals surface area contributed by atoms with Crippen LogP contribution in [0.15, 0.2) is 12.2 Å². The van der Waals surface area contributed by atoms with Crippen LogP contribution in [-0.2, 0) is 14.3 Å². The molecule has 2 N–H and O–H groups in total. The zero-order chi connectivity index (χ0) is 15.8. The van der Waals surface area contributed by atoms with Crippen molar-refractivity contribution in [2.24, 2.45) is 0 Å². The Morgan fingerprint density at radius 3 is 2.81 bits per heavy atom. The Bertz CT molecular complexity index is 343. The summed E-state index contributed by atoms with van der Waals surface area (Å²) in [5, 5.41) is 29.6. The molecule has 1 aliphatic heterocycles. The number of hydrogen-bond acceptors (Lipinski definition) is 6. The van der Waals surface area contributed by atoms with Gasteiger partial charge in [-0.1, -0.05) is 12.5 Å². The predicted octanol–water partition coefficient (Wildman–Crippen LogP) is 0.115. The predicted molar refractivity (Wildman–Crippen MR) is 74.1 cm³/mol. The molecule has 0 aromatic heterocycles. The highest BCUT2D eigenvalue weighted by Crippen LogP contribution is 2.23. The molecule has 0 saturated carbocycles. The summed E-state index contributed by atoms with van der Waals surface area (Å²) < 4.78 is 11.1. The number of carboxylic acids is 1. The number of aliphatic hydroxyl groups is 2. The molecular weight excluding hydrogens is 276 g/mol. The largest absolute Gasteiger partial charge is 0.545 e. The van der Waals surface area contributed by atoms with Crippen LogP contribution in [-0.4, -0.2) is 46.9 Å². The van der Waals surface area contributed by atoms with Gasteiger partial charge in [-0.2, -0.15) is 0 Å². The van der Waals surface area contributed by atoms with E-state index in [1.165, 1.54) is 0 Å². The average molecular weight is 301 g/mol. The number of aliphatic hydroxyl groups excluding tert-OH is 2. The number of unbranched alkanes of at least 4 members (excludes halogenated alkanes) is 2. The smallest absolute Gasteiger partial charge is 0.184 e. The van der Waals surface area contributed by atoms with Crippen LogP contribution in [0, 0.1) is 0 Å². The third kappa shape index (κ3) is 7.04. The van der Waals surface area contributed by atoms with Crippen LogP contribution in [0.25, 0.3) is 0 Å². The van der Waals surface area contributed by atoms with Gasteiger partial charge in [-0.3, -0.25) is 0 Å². The highest BCUT2D eigenvalue weighted by molar-refractivity contribution is 5.77. The maximum Gasteiger partial charge on any atom is 0.184 e. The Morgan fingerprint density at radius 1 is 1.43 bits per heavy atom. The quantitative estimate of drug-likeness (QED) is 0.488. The van der Waals surface area contributed by atoms with Gasteiger partial charge < -0.3 is 29.6 Å². The minimum absolute atomic E-state index is 0.0720. The van der Waals surface area contributed by atoms with Gasteiger partial charge in [0, 0.05) is 6.42 Å². The van der Waals surface area contributed by atoms with Crippen LogP contribution >= 0.6 is 0 Å². The summed E-state index contributed by atoms with van der Waals surface area (Å²) in [4.78, 5) is 10.2. The Balaban J connectivity index is 2.18. The molecule has 0 aromatic rings. The van der Waals surface area contributed by atoms with Gasteiger partial charge in [-0.25, -0.2) is 0 Å². The Morgan fingerprint density at radius 2 is 2.14 bits per heavy atom. The van der Waals surface area contributed by atoms with Gasteiger partial charge in [-0.15, -0.1) is 0 Å². The Labute approximate surface area is 125 Å². The molecule has 0 radical (unpaired) electrons.